The van der Waals surface area contributed by atoms with Crippen LogP contribution >= 0.6 is 24.0 Å². The van der Waals surface area contributed by atoms with E-state index in [1.165, 1.54) is 11.3 Å². The number of guanidine groups is 1. The Hall–Kier alpha value is -1.02. The summed E-state index contributed by atoms with van der Waals surface area (Å²) in [5.74, 6) is 1.38. The lowest BCUT2D eigenvalue weighted by Crippen LogP contribution is -2.39. The summed E-state index contributed by atoms with van der Waals surface area (Å²) in [6.45, 7) is 11.7. The minimum atomic E-state index is 0. The fraction of sp³-hybridized carbons (Fsp3) is 0.650. The first-order chi connectivity index (χ1) is 12.0. The summed E-state index contributed by atoms with van der Waals surface area (Å²) < 4.78 is 5.81. The van der Waals surface area contributed by atoms with Crippen molar-refractivity contribution < 1.29 is 4.74 Å². The van der Waals surface area contributed by atoms with E-state index in [2.05, 4.69) is 81.6 Å². The van der Waals surface area contributed by atoms with Gasteiger partial charge in [0.1, 0.15) is 0 Å². The van der Waals surface area contributed by atoms with Crippen molar-refractivity contribution in [3.05, 3.63) is 29.8 Å². The molecule has 0 spiro atoms. The molecule has 150 valence electrons. The number of ether oxygens (including phenoxy) is 1. The number of hydrogen-bond donors (Lipinski definition) is 2. The van der Waals surface area contributed by atoms with Crippen molar-refractivity contribution in [2.24, 2.45) is 10.9 Å². The van der Waals surface area contributed by atoms with E-state index >= 15 is 0 Å². The predicted octanol–water partition coefficient (Wildman–Crippen LogP) is 3.88. The van der Waals surface area contributed by atoms with E-state index < -0.39 is 0 Å². The van der Waals surface area contributed by atoms with Crippen molar-refractivity contribution in [2.45, 2.75) is 46.8 Å². The Labute approximate surface area is 177 Å². The van der Waals surface area contributed by atoms with Gasteiger partial charge in [0, 0.05) is 39.5 Å². The van der Waals surface area contributed by atoms with E-state index in [1.807, 2.05) is 0 Å². The highest BCUT2D eigenvalue weighted by atomic mass is 127. The van der Waals surface area contributed by atoms with Crippen LogP contribution in [0.1, 0.15) is 39.7 Å². The summed E-state index contributed by atoms with van der Waals surface area (Å²) in [5, 5.41) is 6.73. The second-order valence-electron chi connectivity index (χ2n) is 6.71. The third-order valence-corrected chi connectivity index (χ3v) is 4.04. The standard InChI is InChI=1S/C20H36N4O.HI/c1-7-21-20(22-13-12-19(16(3)4)25-8-2)23-15-17-10-9-11-18(14-17)24(5)6;/h9-11,14,16,19H,7-8,12-13,15H2,1-6H3,(H2,21,22,23);1H. The Bertz CT molecular complexity index is 520. The zero-order chi connectivity index (χ0) is 18.7. The molecule has 1 atom stereocenters. The van der Waals surface area contributed by atoms with E-state index in [9.17, 15) is 0 Å². The number of nitrogens with one attached hydrogen (secondary N) is 2. The zero-order valence-corrected chi connectivity index (χ0v) is 19.5. The number of aliphatic imine (C=N–C) groups is 1. The molecule has 0 fully saturated rings. The highest BCUT2D eigenvalue weighted by molar-refractivity contribution is 14.0. The highest BCUT2D eigenvalue weighted by Gasteiger charge is 2.12. The van der Waals surface area contributed by atoms with Gasteiger partial charge < -0.3 is 20.3 Å². The second-order valence-corrected chi connectivity index (χ2v) is 6.71. The van der Waals surface area contributed by atoms with Gasteiger partial charge in [0.15, 0.2) is 5.96 Å². The number of benzene rings is 1. The number of nitrogens with zero attached hydrogens (tertiary/aromatic N) is 2. The maximum atomic E-state index is 5.81. The Morgan fingerprint density at radius 2 is 1.92 bits per heavy atom. The molecule has 0 bridgehead atoms. The Balaban J connectivity index is 0.00000625. The average Bonchev–Trinajstić information content (AvgIpc) is 2.58. The first-order valence-corrected chi connectivity index (χ1v) is 9.37. The van der Waals surface area contributed by atoms with Gasteiger partial charge in [0.25, 0.3) is 0 Å². The molecular formula is C20H37IN4O. The molecule has 0 aliphatic rings. The van der Waals surface area contributed by atoms with Gasteiger partial charge in [-0.15, -0.1) is 24.0 Å². The van der Waals surface area contributed by atoms with Gasteiger partial charge in [0.05, 0.1) is 12.6 Å². The number of rotatable bonds is 10. The first kappa shape index (κ1) is 25.0. The third-order valence-electron chi connectivity index (χ3n) is 4.04. The molecule has 26 heavy (non-hydrogen) atoms. The molecule has 0 aliphatic carbocycles. The molecule has 0 radical (unpaired) electrons. The van der Waals surface area contributed by atoms with E-state index in [-0.39, 0.29) is 30.1 Å². The maximum absolute atomic E-state index is 5.81. The van der Waals surface area contributed by atoms with Crippen LogP contribution in [0.2, 0.25) is 0 Å². The van der Waals surface area contributed by atoms with Gasteiger partial charge in [-0.2, -0.15) is 0 Å². The Morgan fingerprint density at radius 1 is 1.19 bits per heavy atom. The van der Waals surface area contributed by atoms with Crippen molar-refractivity contribution in [1.29, 1.82) is 0 Å². The number of halogens is 1. The lowest BCUT2D eigenvalue weighted by atomic mass is 10.0. The topological polar surface area (TPSA) is 48.9 Å². The average molecular weight is 476 g/mol. The molecule has 0 heterocycles. The molecule has 0 aliphatic heterocycles. The summed E-state index contributed by atoms with van der Waals surface area (Å²) in [7, 11) is 4.11. The van der Waals surface area contributed by atoms with E-state index in [4.69, 9.17) is 9.73 Å². The Kier molecular flexibility index (Phi) is 13.5. The van der Waals surface area contributed by atoms with E-state index in [1.54, 1.807) is 0 Å². The van der Waals surface area contributed by atoms with Crippen LogP contribution in [-0.4, -0.2) is 45.9 Å². The van der Waals surface area contributed by atoms with Crippen molar-refractivity contribution >= 4 is 35.6 Å². The molecular weight excluding hydrogens is 439 g/mol. The molecule has 1 rings (SSSR count). The number of anilines is 1. The van der Waals surface area contributed by atoms with Gasteiger partial charge in [-0.1, -0.05) is 26.0 Å². The molecule has 1 aromatic rings. The maximum Gasteiger partial charge on any atom is 0.191 e. The summed E-state index contributed by atoms with van der Waals surface area (Å²) in [4.78, 5) is 6.81. The quantitative estimate of drug-likeness (QED) is 0.306. The molecule has 2 N–H and O–H groups in total. The van der Waals surface area contributed by atoms with Gasteiger partial charge in [-0.3, -0.25) is 0 Å². The molecule has 1 aromatic carbocycles. The van der Waals surface area contributed by atoms with Crippen LogP contribution < -0.4 is 15.5 Å². The number of hydrogen-bond acceptors (Lipinski definition) is 3. The van der Waals surface area contributed by atoms with Crippen molar-refractivity contribution in [1.82, 2.24) is 10.6 Å². The molecule has 6 heteroatoms. The van der Waals surface area contributed by atoms with Crippen LogP contribution in [0.5, 0.6) is 0 Å². The van der Waals surface area contributed by atoms with Gasteiger partial charge in [-0.25, -0.2) is 4.99 Å². The zero-order valence-electron chi connectivity index (χ0n) is 17.2. The first-order valence-electron chi connectivity index (χ1n) is 9.37. The smallest absolute Gasteiger partial charge is 0.191 e. The van der Waals surface area contributed by atoms with Crippen molar-refractivity contribution in [3.8, 4) is 0 Å². The minimum Gasteiger partial charge on any atom is -0.378 e. The van der Waals surface area contributed by atoms with Gasteiger partial charge in [0.2, 0.25) is 0 Å². The van der Waals surface area contributed by atoms with Crippen LogP contribution in [0.15, 0.2) is 29.3 Å². The highest BCUT2D eigenvalue weighted by Crippen LogP contribution is 2.14. The molecule has 0 aromatic heterocycles. The van der Waals surface area contributed by atoms with Crippen LogP contribution in [0, 0.1) is 5.92 Å². The normalized spacial score (nSPS) is 12.5. The van der Waals surface area contributed by atoms with Crippen LogP contribution in [-0.2, 0) is 11.3 Å². The molecule has 0 saturated heterocycles. The summed E-state index contributed by atoms with van der Waals surface area (Å²) >= 11 is 0. The summed E-state index contributed by atoms with van der Waals surface area (Å²) in [6, 6.07) is 8.48. The van der Waals surface area contributed by atoms with Crippen molar-refractivity contribution in [2.75, 3.05) is 38.7 Å². The van der Waals surface area contributed by atoms with Crippen molar-refractivity contribution in [3.63, 3.8) is 0 Å². The fourth-order valence-corrected chi connectivity index (χ4v) is 2.60. The van der Waals surface area contributed by atoms with E-state index in [0.29, 0.717) is 12.5 Å². The lowest BCUT2D eigenvalue weighted by Gasteiger charge is -2.21. The van der Waals surface area contributed by atoms with Crippen LogP contribution in [0.3, 0.4) is 0 Å². The fourth-order valence-electron chi connectivity index (χ4n) is 2.60. The van der Waals surface area contributed by atoms with Gasteiger partial charge in [-0.05, 0) is 43.9 Å². The summed E-state index contributed by atoms with van der Waals surface area (Å²) in [6.07, 6.45) is 1.27. The third kappa shape index (κ3) is 9.62. The molecule has 0 amide bonds. The monoisotopic (exact) mass is 476 g/mol. The van der Waals surface area contributed by atoms with Crippen LogP contribution in [0.25, 0.3) is 0 Å². The van der Waals surface area contributed by atoms with E-state index in [0.717, 1.165) is 32.1 Å². The molecule has 5 nitrogen and oxygen atoms in total. The largest absolute Gasteiger partial charge is 0.378 e. The SMILES string of the molecule is CCNC(=NCc1cccc(N(C)C)c1)NCCC(OCC)C(C)C.I. The molecule has 0 saturated carbocycles. The van der Waals surface area contributed by atoms with Gasteiger partial charge >= 0.3 is 0 Å². The predicted molar refractivity (Wildman–Crippen MR) is 124 cm³/mol. The Morgan fingerprint density at radius 3 is 2.50 bits per heavy atom. The summed E-state index contributed by atoms with van der Waals surface area (Å²) in [5.41, 5.74) is 2.40. The van der Waals surface area contributed by atoms with Crippen LogP contribution in [0.4, 0.5) is 5.69 Å². The lowest BCUT2D eigenvalue weighted by molar-refractivity contribution is 0.0258. The minimum absolute atomic E-state index is 0. The second kappa shape index (κ2) is 14.1. The molecule has 1 unspecified atom stereocenters.